The van der Waals surface area contributed by atoms with E-state index in [1.165, 1.54) is 0 Å². The lowest BCUT2D eigenvalue weighted by Gasteiger charge is -2.37. The SMILES string of the molecule is Cc1ccc(S(=O)(=O)N2CCN(C)[C@@H](c3ncc[nH]3)C2)c2cccnc12. The van der Waals surface area contributed by atoms with Gasteiger partial charge in [0, 0.05) is 43.6 Å². The van der Waals surface area contributed by atoms with Crippen LogP contribution >= 0.6 is 0 Å². The molecule has 136 valence electrons. The Hall–Kier alpha value is -2.29. The molecule has 1 aromatic carbocycles. The number of imidazole rings is 1. The fourth-order valence-corrected chi connectivity index (χ4v) is 5.09. The minimum Gasteiger partial charge on any atom is -0.347 e. The maximum atomic E-state index is 13.4. The summed E-state index contributed by atoms with van der Waals surface area (Å²) in [7, 11) is -1.64. The summed E-state index contributed by atoms with van der Waals surface area (Å²) in [5, 5.41) is 0.668. The molecule has 4 rings (SSSR count). The first-order valence-corrected chi connectivity index (χ1v) is 9.96. The van der Waals surface area contributed by atoms with Crippen LogP contribution in [0.1, 0.15) is 17.4 Å². The lowest BCUT2D eigenvalue weighted by Crippen LogP contribution is -2.49. The van der Waals surface area contributed by atoms with Gasteiger partial charge in [-0.1, -0.05) is 6.07 Å². The standard InChI is InChI=1S/C18H21N5O2S/c1-13-5-6-16(14-4-3-7-19-17(13)14)26(24,25)23-11-10-22(2)15(12-23)18-20-8-9-21-18/h3-9,15H,10-12H2,1-2H3,(H,20,21)/t15-/m1/s1. The number of piperazine rings is 1. The van der Waals surface area contributed by atoms with Crippen LogP contribution in [0.5, 0.6) is 0 Å². The Morgan fingerprint density at radius 3 is 2.77 bits per heavy atom. The Morgan fingerprint density at radius 1 is 1.15 bits per heavy atom. The van der Waals surface area contributed by atoms with Gasteiger partial charge in [-0.05, 0) is 37.7 Å². The van der Waals surface area contributed by atoms with Crippen molar-refractivity contribution in [3.8, 4) is 0 Å². The van der Waals surface area contributed by atoms with Crippen molar-refractivity contribution >= 4 is 20.9 Å². The second kappa shape index (κ2) is 6.46. The summed E-state index contributed by atoms with van der Waals surface area (Å²) in [4.78, 5) is 14.2. The van der Waals surface area contributed by atoms with Crippen LogP contribution in [0.3, 0.4) is 0 Å². The number of nitrogens with one attached hydrogen (secondary N) is 1. The molecule has 3 heterocycles. The number of likely N-dealkylation sites (N-methyl/N-ethyl adjacent to an activating group) is 1. The maximum absolute atomic E-state index is 13.4. The third-order valence-electron chi connectivity index (χ3n) is 4.99. The first-order chi connectivity index (χ1) is 12.5. The zero-order valence-electron chi connectivity index (χ0n) is 14.8. The quantitative estimate of drug-likeness (QED) is 0.761. The smallest absolute Gasteiger partial charge is 0.243 e. The molecule has 0 spiro atoms. The Labute approximate surface area is 152 Å². The summed E-state index contributed by atoms with van der Waals surface area (Å²) < 4.78 is 28.3. The molecule has 7 nitrogen and oxygen atoms in total. The number of nitrogens with zero attached hydrogens (tertiary/aromatic N) is 4. The average Bonchev–Trinajstić information content (AvgIpc) is 3.16. The van der Waals surface area contributed by atoms with E-state index in [1.807, 2.05) is 26.1 Å². The normalized spacial score (nSPS) is 19.8. The molecule has 1 aliphatic rings. The van der Waals surface area contributed by atoms with Crippen molar-refractivity contribution in [2.75, 3.05) is 26.7 Å². The molecule has 2 aromatic heterocycles. The van der Waals surface area contributed by atoms with Crippen LogP contribution < -0.4 is 0 Å². The van der Waals surface area contributed by atoms with Gasteiger partial charge < -0.3 is 4.98 Å². The molecule has 8 heteroatoms. The van der Waals surface area contributed by atoms with E-state index in [0.717, 1.165) is 16.9 Å². The number of sulfonamides is 1. The molecule has 0 radical (unpaired) electrons. The molecule has 26 heavy (non-hydrogen) atoms. The second-order valence-corrected chi connectivity index (χ2v) is 8.52. The fourth-order valence-electron chi connectivity index (χ4n) is 3.47. The third-order valence-corrected chi connectivity index (χ3v) is 6.92. The molecular weight excluding hydrogens is 350 g/mol. The van der Waals surface area contributed by atoms with Crippen molar-refractivity contribution in [1.82, 2.24) is 24.2 Å². The van der Waals surface area contributed by atoms with E-state index in [2.05, 4.69) is 19.9 Å². The summed E-state index contributed by atoms with van der Waals surface area (Å²) in [6.45, 7) is 3.40. The number of fused-ring (bicyclic) bond motifs is 1. The van der Waals surface area contributed by atoms with Crippen LogP contribution in [0.15, 0.2) is 47.8 Å². The summed E-state index contributed by atoms with van der Waals surface area (Å²) in [5.74, 6) is 0.780. The minimum atomic E-state index is -3.63. The van der Waals surface area contributed by atoms with Crippen molar-refractivity contribution in [2.24, 2.45) is 0 Å². The number of hydrogen-bond donors (Lipinski definition) is 1. The summed E-state index contributed by atoms with van der Waals surface area (Å²) in [6.07, 6.45) is 5.14. The first-order valence-electron chi connectivity index (χ1n) is 8.52. The van der Waals surface area contributed by atoms with Crippen molar-refractivity contribution < 1.29 is 8.42 Å². The summed E-state index contributed by atoms with van der Waals surface area (Å²) in [5.41, 5.74) is 1.69. The number of aromatic nitrogens is 3. The van der Waals surface area contributed by atoms with Gasteiger partial charge in [-0.15, -0.1) is 0 Å². The molecule has 0 unspecified atom stereocenters. The van der Waals surface area contributed by atoms with E-state index in [1.54, 1.807) is 35.0 Å². The zero-order chi connectivity index (χ0) is 18.3. The highest BCUT2D eigenvalue weighted by atomic mass is 32.2. The number of benzene rings is 1. The molecule has 0 amide bonds. The van der Waals surface area contributed by atoms with Crippen LogP contribution in [0.25, 0.3) is 10.9 Å². The second-order valence-electron chi connectivity index (χ2n) is 6.61. The molecule has 0 saturated carbocycles. The van der Waals surface area contributed by atoms with Crippen LogP contribution in [-0.2, 0) is 10.0 Å². The molecule has 1 saturated heterocycles. The monoisotopic (exact) mass is 371 g/mol. The number of aryl methyl sites for hydroxylation is 1. The third kappa shape index (κ3) is 2.80. The number of rotatable bonds is 3. The van der Waals surface area contributed by atoms with E-state index in [0.29, 0.717) is 29.9 Å². The first kappa shape index (κ1) is 17.1. The maximum Gasteiger partial charge on any atom is 0.243 e. The van der Waals surface area contributed by atoms with Crippen molar-refractivity contribution in [3.63, 3.8) is 0 Å². The molecule has 1 atom stereocenters. The summed E-state index contributed by atoms with van der Waals surface area (Å²) >= 11 is 0. The molecule has 1 fully saturated rings. The van der Waals surface area contributed by atoms with Gasteiger partial charge >= 0.3 is 0 Å². The molecular formula is C18H21N5O2S. The van der Waals surface area contributed by atoms with Gasteiger partial charge in [-0.2, -0.15) is 4.31 Å². The Kier molecular flexibility index (Phi) is 4.26. The zero-order valence-corrected chi connectivity index (χ0v) is 15.6. The van der Waals surface area contributed by atoms with Gasteiger partial charge in [0.15, 0.2) is 0 Å². The van der Waals surface area contributed by atoms with Crippen molar-refractivity contribution in [3.05, 3.63) is 54.2 Å². The highest BCUT2D eigenvalue weighted by Crippen LogP contribution is 2.30. The van der Waals surface area contributed by atoms with Gasteiger partial charge in [-0.25, -0.2) is 13.4 Å². The van der Waals surface area contributed by atoms with E-state index in [4.69, 9.17) is 0 Å². The Morgan fingerprint density at radius 2 is 2.00 bits per heavy atom. The van der Waals surface area contributed by atoms with E-state index in [-0.39, 0.29) is 6.04 Å². The Balaban J connectivity index is 1.75. The van der Waals surface area contributed by atoms with Crippen LogP contribution in [0, 0.1) is 6.92 Å². The van der Waals surface area contributed by atoms with Gasteiger partial charge in [0.1, 0.15) is 5.82 Å². The minimum absolute atomic E-state index is 0.0941. The molecule has 3 aromatic rings. The van der Waals surface area contributed by atoms with Crippen molar-refractivity contribution in [1.29, 1.82) is 0 Å². The topological polar surface area (TPSA) is 82.2 Å². The van der Waals surface area contributed by atoms with Gasteiger partial charge in [0.05, 0.1) is 16.5 Å². The molecule has 0 aliphatic carbocycles. The average molecular weight is 371 g/mol. The number of pyridine rings is 1. The number of hydrogen-bond acceptors (Lipinski definition) is 5. The van der Waals surface area contributed by atoms with Gasteiger partial charge in [0.2, 0.25) is 10.0 Å². The van der Waals surface area contributed by atoms with E-state index in [9.17, 15) is 8.42 Å². The number of aromatic amines is 1. The van der Waals surface area contributed by atoms with Crippen LogP contribution in [0.4, 0.5) is 0 Å². The molecule has 0 bridgehead atoms. The summed E-state index contributed by atoms with van der Waals surface area (Å²) in [6, 6.07) is 7.01. The largest absolute Gasteiger partial charge is 0.347 e. The highest BCUT2D eigenvalue weighted by molar-refractivity contribution is 7.89. The number of H-pyrrole nitrogens is 1. The lowest BCUT2D eigenvalue weighted by molar-refractivity contribution is 0.142. The molecule has 1 aliphatic heterocycles. The van der Waals surface area contributed by atoms with Crippen molar-refractivity contribution in [2.45, 2.75) is 17.9 Å². The predicted molar refractivity (Wildman–Crippen MR) is 99.2 cm³/mol. The molecule has 1 N–H and O–H groups in total. The van der Waals surface area contributed by atoms with Gasteiger partial charge in [0.25, 0.3) is 0 Å². The predicted octanol–water partition coefficient (Wildman–Crippen LogP) is 1.94. The highest BCUT2D eigenvalue weighted by Gasteiger charge is 2.35. The van der Waals surface area contributed by atoms with Crippen LogP contribution in [-0.4, -0.2) is 59.3 Å². The van der Waals surface area contributed by atoms with E-state index >= 15 is 0 Å². The van der Waals surface area contributed by atoms with Gasteiger partial charge in [-0.3, -0.25) is 9.88 Å². The fraction of sp³-hybridized carbons (Fsp3) is 0.333. The van der Waals surface area contributed by atoms with E-state index < -0.39 is 10.0 Å². The Bertz CT molecular complexity index is 1030. The lowest BCUT2D eigenvalue weighted by atomic mass is 10.1. The van der Waals surface area contributed by atoms with Crippen LogP contribution in [0.2, 0.25) is 0 Å².